The van der Waals surface area contributed by atoms with E-state index in [0.717, 1.165) is 6.42 Å². The minimum Gasteiger partial charge on any atom is -0.313 e. The van der Waals surface area contributed by atoms with E-state index in [1.807, 2.05) is 11.8 Å². The van der Waals surface area contributed by atoms with Gasteiger partial charge in [-0.3, -0.25) is 0 Å². The molecule has 0 saturated carbocycles. The van der Waals surface area contributed by atoms with Crippen molar-refractivity contribution in [3.63, 3.8) is 0 Å². The predicted molar refractivity (Wildman–Crippen MR) is 226 cm³/mol. The SMILES string of the molecule is CC[Si]1(C)c2cc(-n3c4c(c5ccccc53)CCC4)ccc2B2c3ccc(-n4c5c(c6ccccc64)CCC5)cc3Sc3cc(C(C)(C)C)cc1c32. The van der Waals surface area contributed by atoms with Crippen LogP contribution < -0.4 is 26.8 Å². The fraction of sp³-hybridized carbons (Fsp3) is 0.277. The molecule has 0 amide bonds. The number of para-hydroxylation sites is 2. The molecule has 7 aromatic rings. The van der Waals surface area contributed by atoms with Crippen molar-refractivity contribution >= 4 is 75.1 Å². The van der Waals surface area contributed by atoms with E-state index >= 15 is 0 Å². The number of nitrogens with zero attached hydrogens (tertiary/aromatic N) is 2. The monoisotopic (exact) mass is 708 g/mol. The van der Waals surface area contributed by atoms with Gasteiger partial charge < -0.3 is 9.13 Å². The minimum atomic E-state index is -2.10. The summed E-state index contributed by atoms with van der Waals surface area (Å²) in [6.45, 7) is 12.6. The van der Waals surface area contributed by atoms with Gasteiger partial charge in [0.1, 0.15) is 8.07 Å². The molecule has 2 aliphatic carbocycles. The quantitative estimate of drug-likeness (QED) is 0.168. The highest BCUT2D eigenvalue weighted by Gasteiger charge is 2.47. The first-order chi connectivity index (χ1) is 25.2. The Morgan fingerprint density at radius 2 is 1.25 bits per heavy atom. The summed E-state index contributed by atoms with van der Waals surface area (Å²) in [6, 6.07) is 39.8. The zero-order valence-electron chi connectivity index (χ0n) is 31.1. The van der Waals surface area contributed by atoms with Crippen molar-refractivity contribution in [1.82, 2.24) is 9.13 Å². The van der Waals surface area contributed by atoms with Crippen molar-refractivity contribution in [3.05, 3.63) is 125 Å². The standard InChI is InChI=1S/C47H45BN2SSi/c1-6-52(5)44-28-31(50-39-18-10-8-14-33(39)35-16-12-20-41(35)50)22-24-37(44)48-36-23-21-30(49-38-17-9-7-13-32(38)34-15-11-19-40(34)49)27-42(36)51-43-25-29(47(2,3)4)26-45(52)46(43)48/h7-10,13-14,17-18,21-28H,6,11-12,15-16,19-20H2,1-5H3. The number of rotatable bonds is 3. The zero-order chi connectivity index (χ0) is 35.1. The number of aryl methyl sites for hydroxylation is 2. The molecule has 1 atom stereocenters. The first kappa shape index (κ1) is 31.3. The lowest BCUT2D eigenvalue weighted by Gasteiger charge is -2.43. The van der Waals surface area contributed by atoms with Gasteiger partial charge in [-0.25, -0.2) is 0 Å². The largest absolute Gasteiger partial charge is 0.313 e. The molecule has 0 bridgehead atoms. The fourth-order valence-electron chi connectivity index (χ4n) is 10.7. The fourth-order valence-corrected chi connectivity index (χ4v) is 15.7. The van der Waals surface area contributed by atoms with E-state index in [2.05, 4.69) is 140 Å². The van der Waals surface area contributed by atoms with Crippen LogP contribution >= 0.6 is 11.8 Å². The summed E-state index contributed by atoms with van der Waals surface area (Å²) in [7, 11) is -2.10. The van der Waals surface area contributed by atoms with Crippen LogP contribution in [0.2, 0.25) is 12.6 Å². The smallest absolute Gasteiger partial charge is 0.243 e. The summed E-state index contributed by atoms with van der Waals surface area (Å²) in [6.07, 6.45) is 7.23. The van der Waals surface area contributed by atoms with Gasteiger partial charge in [0.05, 0.1) is 11.0 Å². The molecule has 2 aromatic heterocycles. The van der Waals surface area contributed by atoms with Gasteiger partial charge in [-0.05, 0) is 103 Å². The third-order valence-corrected chi connectivity index (χ3v) is 19.2. The van der Waals surface area contributed by atoms with E-state index in [-0.39, 0.29) is 12.1 Å². The van der Waals surface area contributed by atoms with Gasteiger partial charge in [0.2, 0.25) is 6.71 Å². The maximum Gasteiger partial charge on any atom is 0.243 e. The maximum atomic E-state index is 2.67. The number of hydrogen-bond donors (Lipinski definition) is 0. The number of benzene rings is 5. The Morgan fingerprint density at radius 3 is 1.87 bits per heavy atom. The summed E-state index contributed by atoms with van der Waals surface area (Å²) < 4.78 is 5.22. The second-order valence-electron chi connectivity index (χ2n) is 17.2. The van der Waals surface area contributed by atoms with Gasteiger partial charge in [-0.2, -0.15) is 0 Å². The molecule has 52 heavy (non-hydrogen) atoms. The number of aromatic nitrogens is 2. The van der Waals surface area contributed by atoms with Crippen LogP contribution in [-0.2, 0) is 31.1 Å². The van der Waals surface area contributed by atoms with Crippen LogP contribution in [0.5, 0.6) is 0 Å². The van der Waals surface area contributed by atoms with E-state index in [0.29, 0.717) is 0 Å². The van der Waals surface area contributed by atoms with Crippen LogP contribution in [-0.4, -0.2) is 23.9 Å². The molecule has 0 fully saturated rings. The average molecular weight is 709 g/mol. The van der Waals surface area contributed by atoms with Gasteiger partial charge in [-0.1, -0.05) is 133 Å². The molecule has 4 heterocycles. The Hall–Kier alpha value is -4.19. The molecule has 0 spiro atoms. The Balaban J connectivity index is 1.15. The summed E-state index contributed by atoms with van der Waals surface area (Å²) in [5, 5.41) is 6.20. The molecule has 0 saturated heterocycles. The second-order valence-corrected chi connectivity index (χ2v) is 22.7. The molecular formula is C47H45BN2SSi. The molecule has 11 rings (SSSR count). The Morgan fingerprint density at radius 1 is 0.654 bits per heavy atom. The van der Waals surface area contributed by atoms with Crippen molar-refractivity contribution in [3.8, 4) is 11.4 Å². The second kappa shape index (κ2) is 10.9. The Labute approximate surface area is 313 Å². The third-order valence-electron chi connectivity index (χ3n) is 13.4. The summed E-state index contributed by atoms with van der Waals surface area (Å²) in [5.74, 6) is 0. The maximum absolute atomic E-state index is 2.67. The van der Waals surface area contributed by atoms with Gasteiger partial charge >= 0.3 is 0 Å². The van der Waals surface area contributed by atoms with Gasteiger partial charge in [0.15, 0.2) is 0 Å². The van der Waals surface area contributed by atoms with Crippen LogP contribution in [0.25, 0.3) is 33.2 Å². The first-order valence-electron chi connectivity index (χ1n) is 19.6. The van der Waals surface area contributed by atoms with Gasteiger partial charge in [0, 0.05) is 43.3 Å². The molecule has 4 aliphatic rings. The normalized spacial score (nSPS) is 18.4. The van der Waals surface area contributed by atoms with E-state index < -0.39 is 8.07 Å². The average Bonchev–Trinajstić information content (AvgIpc) is 3.94. The van der Waals surface area contributed by atoms with Crippen LogP contribution in [0.15, 0.2) is 107 Å². The lowest BCUT2D eigenvalue weighted by molar-refractivity contribution is 0.589. The number of fused-ring (bicyclic) bond motifs is 10. The molecular weight excluding hydrogens is 663 g/mol. The lowest BCUT2D eigenvalue weighted by atomic mass is 9.36. The molecule has 256 valence electrons. The summed E-state index contributed by atoms with van der Waals surface area (Å²) in [5.41, 5.74) is 17.8. The minimum absolute atomic E-state index is 0.0735. The van der Waals surface area contributed by atoms with E-state index in [1.165, 1.54) is 104 Å². The van der Waals surface area contributed by atoms with Gasteiger partial charge in [-0.15, -0.1) is 0 Å². The van der Waals surface area contributed by atoms with E-state index in [4.69, 9.17) is 0 Å². The highest BCUT2D eigenvalue weighted by Crippen LogP contribution is 2.40. The molecule has 1 unspecified atom stereocenters. The third kappa shape index (κ3) is 4.15. The van der Waals surface area contributed by atoms with Crippen LogP contribution in [0, 0.1) is 0 Å². The lowest BCUT2D eigenvalue weighted by Crippen LogP contribution is -2.78. The van der Waals surface area contributed by atoms with Crippen molar-refractivity contribution in [2.75, 3.05) is 0 Å². The molecule has 2 nitrogen and oxygen atoms in total. The van der Waals surface area contributed by atoms with Crippen LogP contribution in [0.1, 0.15) is 68.6 Å². The van der Waals surface area contributed by atoms with E-state index in [1.54, 1.807) is 32.4 Å². The predicted octanol–water partition coefficient (Wildman–Crippen LogP) is 8.36. The van der Waals surface area contributed by atoms with E-state index in [9.17, 15) is 0 Å². The highest BCUT2D eigenvalue weighted by atomic mass is 32.2. The van der Waals surface area contributed by atoms with Crippen molar-refractivity contribution in [1.29, 1.82) is 0 Å². The first-order valence-corrected chi connectivity index (χ1v) is 23.1. The van der Waals surface area contributed by atoms with Crippen molar-refractivity contribution in [2.24, 2.45) is 0 Å². The molecule has 5 aromatic carbocycles. The molecule has 5 heteroatoms. The van der Waals surface area contributed by atoms with Crippen molar-refractivity contribution in [2.45, 2.75) is 94.0 Å². The molecule has 0 N–H and O–H groups in total. The molecule has 2 aliphatic heterocycles. The van der Waals surface area contributed by atoms with Crippen LogP contribution in [0.3, 0.4) is 0 Å². The summed E-state index contributed by atoms with van der Waals surface area (Å²) >= 11 is 2.04. The zero-order valence-corrected chi connectivity index (χ0v) is 32.9. The topological polar surface area (TPSA) is 9.86 Å². The van der Waals surface area contributed by atoms with Crippen LogP contribution in [0.4, 0.5) is 0 Å². The van der Waals surface area contributed by atoms with Gasteiger partial charge in [0.25, 0.3) is 0 Å². The Kier molecular flexibility index (Phi) is 6.59. The number of hydrogen-bond acceptors (Lipinski definition) is 1. The Bertz CT molecular complexity index is 2670. The van der Waals surface area contributed by atoms with Crippen molar-refractivity contribution < 1.29 is 0 Å². The highest BCUT2D eigenvalue weighted by molar-refractivity contribution is 8.00. The molecule has 0 radical (unpaired) electrons. The summed E-state index contributed by atoms with van der Waals surface area (Å²) in [4.78, 5) is 2.90.